The van der Waals surface area contributed by atoms with E-state index >= 15 is 0 Å². The monoisotopic (exact) mass is 320 g/mol. The first-order chi connectivity index (χ1) is 11.0. The molecule has 23 heavy (non-hydrogen) atoms. The van der Waals surface area contributed by atoms with E-state index in [0.717, 1.165) is 11.3 Å². The van der Waals surface area contributed by atoms with Crippen LogP contribution in [0.25, 0.3) is 0 Å². The number of carboxylic acids is 1. The first-order valence-electron chi connectivity index (χ1n) is 7.99. The predicted octanol–water partition coefficient (Wildman–Crippen LogP) is 2.34. The number of para-hydroxylation sites is 1. The van der Waals surface area contributed by atoms with Crippen LogP contribution in [0.4, 0.5) is 4.79 Å². The Morgan fingerprint density at radius 3 is 2.83 bits per heavy atom. The number of amides is 2. The van der Waals surface area contributed by atoms with Gasteiger partial charge in [-0.15, -0.1) is 0 Å². The van der Waals surface area contributed by atoms with Crippen LogP contribution in [0.2, 0.25) is 0 Å². The highest BCUT2D eigenvalue weighted by molar-refractivity contribution is 5.76. The maximum Gasteiger partial charge on any atom is 0.317 e. The van der Waals surface area contributed by atoms with Crippen molar-refractivity contribution in [2.24, 2.45) is 11.8 Å². The quantitative estimate of drug-likeness (QED) is 0.873. The van der Waals surface area contributed by atoms with Gasteiger partial charge >= 0.3 is 12.0 Å². The number of benzene rings is 1. The van der Waals surface area contributed by atoms with Gasteiger partial charge in [0, 0.05) is 25.2 Å². The number of rotatable bonds is 5. The molecule has 6 nitrogen and oxygen atoms in total. The van der Waals surface area contributed by atoms with Crippen molar-refractivity contribution < 1.29 is 19.4 Å². The highest BCUT2D eigenvalue weighted by atomic mass is 16.5. The summed E-state index contributed by atoms with van der Waals surface area (Å²) in [6, 6.07) is 7.33. The standard InChI is InChI=1S/C17H24N2O4/c1-3-23-15-7-5-4-6-13(15)10-18-17(22)19-9-8-12(2)14(11-19)16(20)21/h4-7,12,14H,3,8-11H2,1-2H3,(H,18,22)(H,20,21). The molecule has 1 aliphatic rings. The average molecular weight is 320 g/mol. The van der Waals surface area contributed by atoms with E-state index in [1.54, 1.807) is 4.90 Å². The first-order valence-corrected chi connectivity index (χ1v) is 7.99. The second-order valence-corrected chi connectivity index (χ2v) is 5.86. The Morgan fingerprint density at radius 1 is 1.39 bits per heavy atom. The van der Waals surface area contributed by atoms with Crippen molar-refractivity contribution in [2.75, 3.05) is 19.7 Å². The number of aliphatic carboxylic acids is 1. The summed E-state index contributed by atoms with van der Waals surface area (Å²) >= 11 is 0. The van der Waals surface area contributed by atoms with Gasteiger partial charge in [0.2, 0.25) is 0 Å². The highest BCUT2D eigenvalue weighted by Crippen LogP contribution is 2.23. The number of carbonyl (C=O) groups is 2. The molecule has 0 spiro atoms. The summed E-state index contributed by atoms with van der Waals surface area (Å²) in [6.07, 6.45) is 0.708. The molecule has 1 aromatic carbocycles. The fraction of sp³-hybridized carbons (Fsp3) is 0.529. The molecule has 1 heterocycles. The zero-order chi connectivity index (χ0) is 16.8. The first kappa shape index (κ1) is 17.1. The van der Waals surface area contributed by atoms with Gasteiger partial charge in [-0.3, -0.25) is 4.79 Å². The van der Waals surface area contributed by atoms with Gasteiger partial charge in [0.05, 0.1) is 12.5 Å². The summed E-state index contributed by atoms with van der Waals surface area (Å²) in [7, 11) is 0. The van der Waals surface area contributed by atoms with Crippen LogP contribution < -0.4 is 10.1 Å². The van der Waals surface area contributed by atoms with Crippen LogP contribution in [0.5, 0.6) is 5.75 Å². The molecule has 1 aliphatic heterocycles. The van der Waals surface area contributed by atoms with Gasteiger partial charge < -0.3 is 20.1 Å². The van der Waals surface area contributed by atoms with Crippen LogP contribution in [-0.4, -0.2) is 41.7 Å². The molecule has 2 amide bonds. The molecule has 1 saturated heterocycles. The second kappa shape index (κ2) is 7.85. The van der Waals surface area contributed by atoms with E-state index in [0.29, 0.717) is 26.1 Å². The van der Waals surface area contributed by atoms with Gasteiger partial charge in [-0.1, -0.05) is 25.1 Å². The summed E-state index contributed by atoms with van der Waals surface area (Å²) in [5, 5.41) is 12.1. The fourth-order valence-electron chi connectivity index (χ4n) is 2.80. The van der Waals surface area contributed by atoms with E-state index in [4.69, 9.17) is 4.74 Å². The largest absolute Gasteiger partial charge is 0.494 e. The summed E-state index contributed by atoms with van der Waals surface area (Å²) in [6.45, 7) is 5.61. The Balaban J connectivity index is 1.93. The fourth-order valence-corrected chi connectivity index (χ4v) is 2.80. The van der Waals surface area contributed by atoms with Crippen LogP contribution >= 0.6 is 0 Å². The molecule has 2 rings (SSSR count). The average Bonchev–Trinajstić information content (AvgIpc) is 2.54. The number of nitrogens with one attached hydrogen (secondary N) is 1. The van der Waals surface area contributed by atoms with Crippen LogP contribution in [0.15, 0.2) is 24.3 Å². The van der Waals surface area contributed by atoms with E-state index in [-0.39, 0.29) is 18.5 Å². The molecule has 0 radical (unpaired) electrons. The maximum absolute atomic E-state index is 12.3. The van der Waals surface area contributed by atoms with Crippen LogP contribution in [-0.2, 0) is 11.3 Å². The van der Waals surface area contributed by atoms with Crippen molar-refractivity contribution >= 4 is 12.0 Å². The molecule has 2 atom stereocenters. The minimum absolute atomic E-state index is 0.0928. The van der Waals surface area contributed by atoms with Crippen molar-refractivity contribution in [3.8, 4) is 5.75 Å². The zero-order valence-corrected chi connectivity index (χ0v) is 13.6. The van der Waals surface area contributed by atoms with Gasteiger partial charge in [-0.2, -0.15) is 0 Å². The molecule has 1 fully saturated rings. The third-order valence-electron chi connectivity index (χ3n) is 4.27. The lowest BCUT2D eigenvalue weighted by atomic mass is 9.87. The molecule has 6 heteroatoms. The third kappa shape index (κ3) is 4.37. The highest BCUT2D eigenvalue weighted by Gasteiger charge is 2.33. The van der Waals surface area contributed by atoms with Crippen LogP contribution in [0.3, 0.4) is 0 Å². The summed E-state index contributed by atoms with van der Waals surface area (Å²) in [5.74, 6) is -0.483. The summed E-state index contributed by atoms with van der Waals surface area (Å²) in [4.78, 5) is 25.1. The SMILES string of the molecule is CCOc1ccccc1CNC(=O)N1CCC(C)C(C(=O)O)C1. The number of ether oxygens (including phenoxy) is 1. The Kier molecular flexibility index (Phi) is 5.84. The molecule has 0 aromatic heterocycles. The molecular formula is C17H24N2O4. The molecule has 0 saturated carbocycles. The predicted molar refractivity (Wildman–Crippen MR) is 86.3 cm³/mol. The lowest BCUT2D eigenvalue weighted by molar-refractivity contribution is -0.145. The number of likely N-dealkylation sites (tertiary alicyclic amines) is 1. The molecule has 2 N–H and O–H groups in total. The molecular weight excluding hydrogens is 296 g/mol. The van der Waals surface area contributed by atoms with Gasteiger partial charge in [-0.05, 0) is 25.3 Å². The van der Waals surface area contributed by atoms with E-state index in [2.05, 4.69) is 5.32 Å². The van der Waals surface area contributed by atoms with Crippen molar-refractivity contribution in [2.45, 2.75) is 26.8 Å². The third-order valence-corrected chi connectivity index (χ3v) is 4.27. The second-order valence-electron chi connectivity index (χ2n) is 5.86. The lowest BCUT2D eigenvalue weighted by Gasteiger charge is -2.34. The van der Waals surface area contributed by atoms with E-state index in [9.17, 15) is 14.7 Å². The molecule has 0 bridgehead atoms. The maximum atomic E-state index is 12.3. The van der Waals surface area contributed by atoms with Crippen LogP contribution in [0, 0.1) is 11.8 Å². The number of carbonyl (C=O) groups excluding carboxylic acids is 1. The molecule has 1 aromatic rings. The summed E-state index contributed by atoms with van der Waals surface area (Å²) in [5.41, 5.74) is 0.905. The van der Waals surface area contributed by atoms with E-state index in [1.165, 1.54) is 0 Å². The number of nitrogens with zero attached hydrogens (tertiary/aromatic N) is 1. The molecule has 2 unspecified atom stereocenters. The Labute approximate surface area is 136 Å². The number of piperidine rings is 1. The topological polar surface area (TPSA) is 78.9 Å². The van der Waals surface area contributed by atoms with Gasteiger partial charge in [0.1, 0.15) is 5.75 Å². The van der Waals surface area contributed by atoms with E-state index < -0.39 is 11.9 Å². The van der Waals surface area contributed by atoms with Gasteiger partial charge in [0.15, 0.2) is 0 Å². The normalized spacial score (nSPS) is 20.9. The molecule has 0 aliphatic carbocycles. The Morgan fingerprint density at radius 2 is 2.13 bits per heavy atom. The summed E-state index contributed by atoms with van der Waals surface area (Å²) < 4.78 is 5.53. The zero-order valence-electron chi connectivity index (χ0n) is 13.6. The van der Waals surface area contributed by atoms with Gasteiger partial charge in [-0.25, -0.2) is 4.79 Å². The minimum atomic E-state index is -0.836. The number of hydrogen-bond donors (Lipinski definition) is 2. The van der Waals surface area contributed by atoms with Crippen LogP contribution in [0.1, 0.15) is 25.8 Å². The number of hydrogen-bond acceptors (Lipinski definition) is 3. The Bertz CT molecular complexity index is 561. The van der Waals surface area contributed by atoms with Gasteiger partial charge in [0.25, 0.3) is 0 Å². The Hall–Kier alpha value is -2.24. The van der Waals surface area contributed by atoms with Crippen molar-refractivity contribution in [3.63, 3.8) is 0 Å². The smallest absolute Gasteiger partial charge is 0.317 e. The van der Waals surface area contributed by atoms with Crippen molar-refractivity contribution in [3.05, 3.63) is 29.8 Å². The lowest BCUT2D eigenvalue weighted by Crippen LogP contribution is -2.49. The number of carboxylic acid groups (broad SMARTS) is 1. The molecule has 126 valence electrons. The minimum Gasteiger partial charge on any atom is -0.494 e. The van der Waals surface area contributed by atoms with E-state index in [1.807, 2.05) is 38.1 Å². The van der Waals surface area contributed by atoms with Crippen molar-refractivity contribution in [1.29, 1.82) is 0 Å². The number of urea groups is 1. The van der Waals surface area contributed by atoms with Crippen molar-refractivity contribution in [1.82, 2.24) is 10.2 Å².